The minimum absolute atomic E-state index is 0.632. The van der Waals surface area contributed by atoms with Gasteiger partial charge in [-0.25, -0.2) is 0 Å². The van der Waals surface area contributed by atoms with Crippen LogP contribution < -0.4 is 9.42 Å². The number of aryl methyl sites for hydroxylation is 2. The van der Waals surface area contributed by atoms with Crippen LogP contribution in [0.1, 0.15) is 115 Å². The van der Waals surface area contributed by atoms with Crippen LogP contribution in [0.15, 0.2) is 18.2 Å². The largest absolute Gasteiger partial charge is 0.682 e. The number of hydrogen-bond donors (Lipinski definition) is 0. The van der Waals surface area contributed by atoms with Gasteiger partial charge in [0.15, 0.2) is 5.75 Å². The Labute approximate surface area is 191 Å². The minimum Gasteiger partial charge on any atom is -0.682 e. The average Bonchev–Trinajstić information content (AvgIpc) is 2.67. The van der Waals surface area contributed by atoms with Crippen molar-refractivity contribution in [2.75, 3.05) is 0 Å². The van der Waals surface area contributed by atoms with E-state index in [0.29, 0.717) is 5.75 Å². The third-order valence-electron chi connectivity index (χ3n) is 5.45. The van der Waals surface area contributed by atoms with Crippen molar-refractivity contribution in [2.24, 2.45) is 0 Å². The molecule has 2 nitrogen and oxygen atoms in total. The molecule has 0 amide bonds. The van der Waals surface area contributed by atoms with Gasteiger partial charge in [-0.15, -0.1) is 6.12 Å². The molecule has 0 fully saturated rings. The molecule has 0 N–H and O–H groups in total. The third-order valence-corrected chi connectivity index (χ3v) is 6.32. The smallest absolute Gasteiger partial charge is 0.170 e. The van der Waals surface area contributed by atoms with Crippen LogP contribution in [0.5, 0.6) is 5.75 Å². The Bertz CT molecular complexity index is 532. The molecule has 0 atom stereocenters. The zero-order valence-electron chi connectivity index (χ0n) is 18.6. The Morgan fingerprint density at radius 3 is 1.72 bits per heavy atom. The summed E-state index contributed by atoms with van der Waals surface area (Å²) >= 11 is 9.66. The summed E-state index contributed by atoms with van der Waals surface area (Å²) in [7, 11) is 0. The van der Waals surface area contributed by atoms with Gasteiger partial charge in [0.25, 0.3) is 0 Å². The van der Waals surface area contributed by atoms with Crippen LogP contribution in [-0.4, -0.2) is 0 Å². The maximum Gasteiger partial charge on any atom is 0.170 e. The molecule has 5 heteroatoms. The fourth-order valence-electron chi connectivity index (χ4n) is 3.75. The van der Waals surface area contributed by atoms with Crippen molar-refractivity contribution in [3.8, 4) is 5.75 Å². The zero-order chi connectivity index (χ0) is 21.4. The summed E-state index contributed by atoms with van der Waals surface area (Å²) in [5, 5.41) is 0. The Hall–Kier alpha value is 0.110. The molecule has 1 aromatic carbocycles. The molecule has 1 aromatic rings. The number of benzene rings is 1. The lowest BCUT2D eigenvalue weighted by Gasteiger charge is -2.42. The molecule has 0 saturated heterocycles. The maximum absolute atomic E-state index is 11.8. The second-order valence-corrected chi connectivity index (χ2v) is 12.9. The van der Waals surface area contributed by atoms with E-state index >= 15 is 0 Å². The Kier molecular flexibility index (Phi) is 15.7. The quantitative estimate of drug-likeness (QED) is 0.128. The summed E-state index contributed by atoms with van der Waals surface area (Å²) in [6.45, 7) is 4.51. The van der Waals surface area contributed by atoms with Gasteiger partial charge >= 0.3 is 0 Å². The van der Waals surface area contributed by atoms with E-state index in [-0.39, 0.29) is 0 Å². The van der Waals surface area contributed by atoms with Crippen molar-refractivity contribution >= 4 is 30.6 Å². The van der Waals surface area contributed by atoms with Gasteiger partial charge in [0, 0.05) is 0 Å². The molecule has 29 heavy (non-hydrogen) atoms. The van der Waals surface area contributed by atoms with E-state index in [9.17, 15) is 4.89 Å². The first-order chi connectivity index (χ1) is 14.0. The van der Waals surface area contributed by atoms with E-state index in [2.05, 4.69) is 26.0 Å². The van der Waals surface area contributed by atoms with Crippen LogP contribution >= 0.6 is 6.12 Å². The molecule has 0 spiro atoms. The van der Waals surface area contributed by atoms with Crippen molar-refractivity contribution < 1.29 is 9.42 Å². The lowest BCUT2D eigenvalue weighted by molar-refractivity contribution is -0.169. The van der Waals surface area contributed by atoms with Crippen molar-refractivity contribution in [2.45, 2.75) is 117 Å². The molecule has 0 radical (unpaired) electrons. The fraction of sp³-hybridized carbons (Fsp3) is 0.750. The molecule has 0 heterocycles. The van der Waals surface area contributed by atoms with Crippen LogP contribution in [0.3, 0.4) is 0 Å². The Morgan fingerprint density at radius 1 is 0.724 bits per heavy atom. The van der Waals surface area contributed by atoms with Gasteiger partial charge in [0.2, 0.25) is 0 Å². The van der Waals surface area contributed by atoms with Crippen molar-refractivity contribution in [1.82, 2.24) is 0 Å². The van der Waals surface area contributed by atoms with Gasteiger partial charge in [-0.1, -0.05) is 103 Å². The van der Waals surface area contributed by atoms with E-state index < -0.39 is 6.12 Å². The molecule has 0 bridgehead atoms. The highest BCUT2D eigenvalue weighted by Gasteiger charge is 2.09. The molecule has 0 aliphatic carbocycles. The molecule has 0 aliphatic heterocycles. The van der Waals surface area contributed by atoms with Crippen LogP contribution in [0, 0.1) is 0 Å². The van der Waals surface area contributed by atoms with E-state index in [0.717, 1.165) is 24.8 Å². The normalized spacial score (nSPS) is 11.8. The molecule has 1 rings (SSSR count). The summed E-state index contributed by atoms with van der Waals surface area (Å²) in [5.41, 5.74) is 2.46. The van der Waals surface area contributed by atoms with Gasteiger partial charge in [-0.2, -0.15) is 0 Å². The van der Waals surface area contributed by atoms with Gasteiger partial charge < -0.3 is 33.9 Å². The predicted molar refractivity (Wildman–Crippen MR) is 132 cm³/mol. The summed E-state index contributed by atoms with van der Waals surface area (Å²) in [6, 6.07) is 6.24. The number of rotatable bonds is 18. The summed E-state index contributed by atoms with van der Waals surface area (Å²) in [5.74, 6) is 0.632. The monoisotopic (exact) mass is 456 g/mol. The SMILES string of the molecule is CCCCCCCCCc1ccc(O[P+]([O-])([S-])[S-])c(CCCCCCCCC)c1. The molecular weight excluding hydrogens is 415 g/mol. The Morgan fingerprint density at radius 2 is 1.21 bits per heavy atom. The first-order valence-electron chi connectivity index (χ1n) is 11.8. The summed E-state index contributed by atoms with van der Waals surface area (Å²) in [4.78, 5) is 11.8. The molecule has 0 aromatic heterocycles. The first kappa shape index (κ1) is 27.1. The van der Waals surface area contributed by atoms with E-state index in [1.807, 2.05) is 6.07 Å². The van der Waals surface area contributed by atoms with Crippen molar-refractivity contribution in [3.63, 3.8) is 0 Å². The van der Waals surface area contributed by atoms with Crippen LogP contribution in [0.2, 0.25) is 0 Å². The predicted octanol–water partition coefficient (Wildman–Crippen LogP) is 7.78. The summed E-state index contributed by atoms with van der Waals surface area (Å²) in [6.07, 6.45) is 16.9. The highest BCUT2D eigenvalue weighted by atomic mass is 33.1. The highest BCUT2D eigenvalue weighted by molar-refractivity contribution is 8.69. The van der Waals surface area contributed by atoms with E-state index in [4.69, 9.17) is 29.0 Å². The van der Waals surface area contributed by atoms with Crippen LogP contribution in [0.4, 0.5) is 0 Å². The fourth-order valence-corrected chi connectivity index (χ4v) is 4.65. The summed E-state index contributed by atoms with van der Waals surface area (Å²) < 4.78 is 5.46. The van der Waals surface area contributed by atoms with E-state index in [1.54, 1.807) is 0 Å². The van der Waals surface area contributed by atoms with Gasteiger partial charge in [0.05, 0.1) is 0 Å². The lowest BCUT2D eigenvalue weighted by Crippen LogP contribution is -2.10. The highest BCUT2D eigenvalue weighted by Crippen LogP contribution is 2.47. The first-order valence-corrected chi connectivity index (χ1v) is 15.4. The molecule has 168 valence electrons. The Balaban J connectivity index is 2.49. The van der Waals surface area contributed by atoms with Gasteiger partial charge in [-0.05, 0) is 42.9 Å². The molecule has 0 saturated carbocycles. The molecular formula is C24H41O2PS2-2. The second-order valence-electron chi connectivity index (χ2n) is 8.22. The van der Waals surface area contributed by atoms with E-state index in [1.165, 1.54) is 89.0 Å². The lowest BCUT2D eigenvalue weighted by atomic mass is 9.99. The zero-order valence-corrected chi connectivity index (χ0v) is 21.2. The second kappa shape index (κ2) is 16.8. The third kappa shape index (κ3) is 14.7. The average molecular weight is 457 g/mol. The van der Waals surface area contributed by atoms with Crippen LogP contribution in [0.25, 0.3) is 0 Å². The number of hydrogen-bond acceptors (Lipinski definition) is 4. The number of unbranched alkanes of at least 4 members (excludes halogenated alkanes) is 12. The van der Waals surface area contributed by atoms with Crippen LogP contribution in [-0.2, 0) is 37.3 Å². The minimum atomic E-state index is -3.36. The van der Waals surface area contributed by atoms with Gasteiger partial charge in [-0.3, -0.25) is 0 Å². The topological polar surface area (TPSA) is 32.3 Å². The van der Waals surface area contributed by atoms with Gasteiger partial charge in [0.1, 0.15) is 0 Å². The van der Waals surface area contributed by atoms with Crippen molar-refractivity contribution in [1.29, 1.82) is 0 Å². The standard InChI is InChI=1S/C24H43O2PS2/c1-3-5-7-9-11-13-15-17-22-19-20-24(26-27(25,28)29)23(21-22)18-16-14-12-10-8-6-4-2/h19-21H,3-18H2,1-2H3,(H2,25,28,29)/p-2. The molecule has 0 unspecified atom stereocenters. The maximum atomic E-state index is 11.8. The molecule has 0 aliphatic rings. The van der Waals surface area contributed by atoms with Crippen molar-refractivity contribution in [3.05, 3.63) is 29.3 Å².